The first-order valence-electron chi connectivity index (χ1n) is 7.14. The first kappa shape index (κ1) is 13.5. The minimum absolute atomic E-state index is 0.00953. The molecule has 0 saturated carbocycles. The number of unbranched alkanes of at least 4 members (excludes halogenated alkanes) is 1. The summed E-state index contributed by atoms with van der Waals surface area (Å²) in [6.07, 6.45) is 3.96. The highest BCUT2D eigenvalue weighted by atomic mass is 16.4. The molecule has 21 heavy (non-hydrogen) atoms. The molecule has 0 bridgehead atoms. The van der Waals surface area contributed by atoms with Crippen LogP contribution in [0.3, 0.4) is 0 Å². The third kappa shape index (κ3) is 1.96. The number of hydrogen-bond acceptors (Lipinski definition) is 3. The molecule has 0 saturated heterocycles. The van der Waals surface area contributed by atoms with Crippen molar-refractivity contribution in [1.82, 2.24) is 4.57 Å². The Hall–Kier alpha value is -2.43. The fourth-order valence-electron chi connectivity index (χ4n) is 2.89. The molecule has 0 atom stereocenters. The summed E-state index contributed by atoms with van der Waals surface area (Å²) in [6, 6.07) is 7.27. The maximum absolute atomic E-state index is 12.8. The van der Waals surface area contributed by atoms with Crippen molar-refractivity contribution in [1.29, 1.82) is 0 Å². The molecule has 0 amide bonds. The van der Waals surface area contributed by atoms with Crippen LogP contribution >= 0.6 is 0 Å². The lowest BCUT2D eigenvalue weighted by Crippen LogP contribution is -2.37. The van der Waals surface area contributed by atoms with E-state index in [0.717, 1.165) is 19.4 Å². The molecule has 1 aliphatic rings. The molecule has 0 radical (unpaired) electrons. The van der Waals surface area contributed by atoms with Gasteiger partial charge < -0.3 is 5.21 Å². The highest BCUT2D eigenvalue weighted by Gasteiger charge is 2.38. The summed E-state index contributed by atoms with van der Waals surface area (Å²) in [5.74, 6) is -0.00953. The van der Waals surface area contributed by atoms with E-state index in [2.05, 4.69) is 12.1 Å². The largest absolute Gasteiger partial charge is 0.410 e. The van der Waals surface area contributed by atoms with Crippen LogP contribution < -0.4 is 4.57 Å². The number of ketones is 1. The number of hydrogen-bond donors (Lipinski definition) is 1. The zero-order valence-electron chi connectivity index (χ0n) is 12.2. The minimum atomic E-state index is -0.00953. The Balaban J connectivity index is 2.23. The number of benzene rings is 1. The third-order valence-corrected chi connectivity index (χ3v) is 3.90. The van der Waals surface area contributed by atoms with Gasteiger partial charge in [0.05, 0.1) is 13.6 Å². The van der Waals surface area contributed by atoms with E-state index in [1.54, 1.807) is 6.07 Å². The van der Waals surface area contributed by atoms with E-state index in [9.17, 15) is 10.0 Å². The smallest absolute Gasteiger partial charge is 0.244 e. The summed E-state index contributed by atoms with van der Waals surface area (Å²) in [5, 5.41) is 12.9. The van der Waals surface area contributed by atoms with Gasteiger partial charge in [0.1, 0.15) is 0 Å². The topological polar surface area (TPSA) is 58.5 Å². The predicted molar refractivity (Wildman–Crippen MR) is 77.8 cm³/mol. The standard InChI is InChI=1S/C16H17N3O2/c1-3-4-9-19-10-18(2)14-13(17-21)11-7-5-6-8-12(11)16(20)15(14)19/h5-8,10H,3-4,9H2,1-2H3/p+1. The Morgan fingerprint density at radius 1 is 1.29 bits per heavy atom. The zero-order chi connectivity index (χ0) is 15.0. The van der Waals surface area contributed by atoms with Crippen LogP contribution in [0.1, 0.15) is 47.1 Å². The second-order valence-corrected chi connectivity index (χ2v) is 5.29. The van der Waals surface area contributed by atoms with Gasteiger partial charge in [-0.1, -0.05) is 42.8 Å². The molecule has 1 aromatic carbocycles. The van der Waals surface area contributed by atoms with Crippen LogP contribution in [0.5, 0.6) is 0 Å². The van der Waals surface area contributed by atoms with E-state index < -0.39 is 0 Å². The molecule has 108 valence electrons. The molecule has 0 spiro atoms. The molecule has 0 fully saturated rings. The van der Waals surface area contributed by atoms with Crippen molar-refractivity contribution in [2.45, 2.75) is 26.3 Å². The van der Waals surface area contributed by atoms with Gasteiger partial charge in [-0.3, -0.25) is 4.79 Å². The van der Waals surface area contributed by atoms with Crippen molar-refractivity contribution in [3.8, 4) is 0 Å². The number of nitrogens with zero attached hydrogens (tertiary/aromatic N) is 3. The highest BCUT2D eigenvalue weighted by Crippen LogP contribution is 2.26. The van der Waals surface area contributed by atoms with Gasteiger partial charge in [0.2, 0.25) is 23.5 Å². The summed E-state index contributed by atoms with van der Waals surface area (Å²) in [4.78, 5) is 12.8. The Morgan fingerprint density at radius 3 is 2.67 bits per heavy atom. The molecular formula is C16H18N3O2+. The molecule has 1 aliphatic carbocycles. The molecule has 2 aromatic rings. The van der Waals surface area contributed by atoms with E-state index in [4.69, 9.17) is 0 Å². The molecule has 0 unspecified atom stereocenters. The van der Waals surface area contributed by atoms with Crippen LogP contribution in [0, 0.1) is 0 Å². The quantitative estimate of drug-likeness (QED) is 0.453. The molecule has 5 nitrogen and oxygen atoms in total. The number of carbonyl (C=O) groups excluding carboxylic acids is 1. The van der Waals surface area contributed by atoms with E-state index in [0.29, 0.717) is 28.2 Å². The van der Waals surface area contributed by atoms with Crippen LogP contribution in [0.15, 0.2) is 35.7 Å². The Kier molecular flexibility index (Phi) is 3.33. The zero-order valence-corrected chi connectivity index (χ0v) is 12.2. The van der Waals surface area contributed by atoms with Gasteiger partial charge >= 0.3 is 0 Å². The third-order valence-electron chi connectivity index (χ3n) is 3.90. The molecule has 5 heteroatoms. The fraction of sp³-hybridized carbons (Fsp3) is 0.312. The maximum Gasteiger partial charge on any atom is 0.244 e. The van der Waals surface area contributed by atoms with E-state index >= 15 is 0 Å². The normalized spacial score (nSPS) is 15.1. The van der Waals surface area contributed by atoms with Gasteiger partial charge in [-0.2, -0.15) is 0 Å². The van der Waals surface area contributed by atoms with Gasteiger partial charge in [-0.05, 0) is 6.42 Å². The minimum Gasteiger partial charge on any atom is -0.410 e. The van der Waals surface area contributed by atoms with E-state index in [1.807, 2.05) is 40.7 Å². The highest BCUT2D eigenvalue weighted by molar-refractivity contribution is 6.28. The number of carbonyl (C=O) groups is 1. The van der Waals surface area contributed by atoms with Crippen LogP contribution in [0.4, 0.5) is 0 Å². The van der Waals surface area contributed by atoms with Crippen molar-refractivity contribution < 1.29 is 14.6 Å². The first-order chi connectivity index (χ1) is 10.2. The SMILES string of the molecule is CCCCn1c[n+](C)c2c1C(=O)c1ccccc1/C2=N/O. The van der Waals surface area contributed by atoms with Crippen LogP contribution in [0.25, 0.3) is 0 Å². The number of rotatable bonds is 3. The van der Waals surface area contributed by atoms with Crippen molar-refractivity contribution in [2.24, 2.45) is 12.2 Å². The predicted octanol–water partition coefficient (Wildman–Crippen LogP) is 1.88. The summed E-state index contributed by atoms with van der Waals surface area (Å²) in [6.45, 7) is 2.90. The molecule has 1 N–H and O–H groups in total. The van der Waals surface area contributed by atoms with Crippen molar-refractivity contribution in [3.05, 3.63) is 53.1 Å². The Morgan fingerprint density at radius 2 is 2.00 bits per heavy atom. The van der Waals surface area contributed by atoms with Crippen LogP contribution in [-0.4, -0.2) is 21.3 Å². The molecule has 0 aliphatic heterocycles. The Labute approximate surface area is 123 Å². The number of oxime groups is 1. The molecular weight excluding hydrogens is 266 g/mol. The summed E-state index contributed by atoms with van der Waals surface area (Å²) >= 11 is 0. The number of imidazole rings is 1. The van der Waals surface area contributed by atoms with Gasteiger partial charge in [0.15, 0.2) is 5.71 Å². The van der Waals surface area contributed by atoms with Crippen molar-refractivity contribution in [2.75, 3.05) is 0 Å². The monoisotopic (exact) mass is 284 g/mol. The molecule has 1 heterocycles. The molecule has 3 rings (SSSR count). The van der Waals surface area contributed by atoms with Gasteiger partial charge in [0, 0.05) is 11.1 Å². The summed E-state index contributed by atoms with van der Waals surface area (Å²) in [5.41, 5.74) is 3.02. The average molecular weight is 284 g/mol. The van der Waals surface area contributed by atoms with Crippen LogP contribution in [-0.2, 0) is 13.6 Å². The van der Waals surface area contributed by atoms with Gasteiger partial charge in [-0.15, -0.1) is 0 Å². The Bertz CT molecular complexity index is 744. The lowest BCUT2D eigenvalue weighted by Gasteiger charge is -2.14. The van der Waals surface area contributed by atoms with Crippen molar-refractivity contribution in [3.63, 3.8) is 0 Å². The summed E-state index contributed by atoms with van der Waals surface area (Å²) in [7, 11) is 1.87. The fourth-order valence-corrected chi connectivity index (χ4v) is 2.89. The second kappa shape index (κ2) is 5.16. The average Bonchev–Trinajstić information content (AvgIpc) is 2.83. The first-order valence-corrected chi connectivity index (χ1v) is 7.14. The van der Waals surface area contributed by atoms with Crippen molar-refractivity contribution >= 4 is 11.5 Å². The molecule has 1 aromatic heterocycles. The van der Waals surface area contributed by atoms with Gasteiger partial charge in [-0.25, -0.2) is 9.13 Å². The number of aromatic nitrogens is 2. The van der Waals surface area contributed by atoms with Gasteiger partial charge in [0.25, 0.3) is 0 Å². The second-order valence-electron chi connectivity index (χ2n) is 5.29. The maximum atomic E-state index is 12.8. The van der Waals surface area contributed by atoms with E-state index in [1.165, 1.54) is 0 Å². The lowest BCUT2D eigenvalue weighted by atomic mass is 9.89. The number of fused-ring (bicyclic) bond motifs is 2. The summed E-state index contributed by atoms with van der Waals surface area (Å²) < 4.78 is 3.82. The lowest BCUT2D eigenvalue weighted by molar-refractivity contribution is -0.672. The van der Waals surface area contributed by atoms with Crippen LogP contribution in [0.2, 0.25) is 0 Å². The van der Waals surface area contributed by atoms with E-state index in [-0.39, 0.29) is 5.78 Å². The number of aryl methyl sites for hydroxylation is 2.